The number of hydrogen-bond donors (Lipinski definition) is 1. The molecule has 1 saturated heterocycles. The van der Waals surface area contributed by atoms with Crippen LogP contribution in [0.5, 0.6) is 0 Å². The van der Waals surface area contributed by atoms with Crippen molar-refractivity contribution in [2.75, 3.05) is 6.54 Å². The largest absolute Gasteiger partial charge is 0.480 e. The Morgan fingerprint density at radius 1 is 1.41 bits per heavy atom. The second-order valence-corrected chi connectivity index (χ2v) is 5.98. The molecule has 1 aliphatic heterocycles. The quantitative estimate of drug-likeness (QED) is 0.766. The molecule has 5 heteroatoms. The third kappa shape index (κ3) is 2.90. The minimum Gasteiger partial charge on any atom is -0.480 e. The molecule has 0 radical (unpaired) electrons. The molecule has 1 fully saturated rings. The molecular formula is C12H21NO4. The van der Waals surface area contributed by atoms with Gasteiger partial charge in [0.2, 0.25) is 0 Å². The number of hydrogen-bond acceptors (Lipinski definition) is 3. The molecule has 1 amide bonds. The van der Waals surface area contributed by atoms with Crippen LogP contribution in [-0.4, -0.2) is 39.8 Å². The Balaban J connectivity index is 2.88. The lowest BCUT2D eigenvalue weighted by Gasteiger charge is -2.32. The summed E-state index contributed by atoms with van der Waals surface area (Å²) >= 11 is 0. The van der Waals surface area contributed by atoms with E-state index in [2.05, 4.69) is 0 Å². The van der Waals surface area contributed by atoms with E-state index in [1.165, 1.54) is 4.90 Å². The van der Waals surface area contributed by atoms with E-state index < -0.39 is 23.2 Å². The number of aliphatic carboxylic acids is 1. The van der Waals surface area contributed by atoms with Crippen LogP contribution < -0.4 is 0 Å². The summed E-state index contributed by atoms with van der Waals surface area (Å²) in [5.74, 6) is -0.809. The molecule has 0 spiro atoms. The molecule has 98 valence electrons. The average Bonchev–Trinajstić information content (AvgIpc) is 2.40. The van der Waals surface area contributed by atoms with Crippen molar-refractivity contribution < 1.29 is 19.4 Å². The zero-order chi connectivity index (χ0) is 13.4. The highest BCUT2D eigenvalue weighted by molar-refractivity contribution is 5.84. The molecule has 0 aromatic carbocycles. The Hall–Kier alpha value is -1.26. The maximum atomic E-state index is 12.0. The maximum Gasteiger partial charge on any atom is 0.411 e. The van der Waals surface area contributed by atoms with Gasteiger partial charge in [-0.25, -0.2) is 9.59 Å². The minimum atomic E-state index is -1.15. The van der Waals surface area contributed by atoms with Gasteiger partial charge in [-0.05, 0) is 40.0 Å². The van der Waals surface area contributed by atoms with Gasteiger partial charge in [-0.15, -0.1) is 0 Å². The third-order valence-corrected chi connectivity index (χ3v) is 2.91. The highest BCUT2D eigenvalue weighted by atomic mass is 16.6. The van der Waals surface area contributed by atoms with Crippen LogP contribution in [0.1, 0.15) is 41.0 Å². The molecule has 1 rings (SSSR count). The molecule has 1 heterocycles. The van der Waals surface area contributed by atoms with Crippen LogP contribution in [0.25, 0.3) is 0 Å². The SMILES string of the molecule is C[C@H]1CN(C(=O)OC(C)(C)C)[C@](C)(C(=O)O)C1. The first-order valence-electron chi connectivity index (χ1n) is 5.80. The molecule has 1 aliphatic rings. The van der Waals surface area contributed by atoms with E-state index in [1.54, 1.807) is 27.7 Å². The van der Waals surface area contributed by atoms with Crippen molar-refractivity contribution in [1.29, 1.82) is 0 Å². The molecule has 17 heavy (non-hydrogen) atoms. The summed E-state index contributed by atoms with van der Waals surface area (Å²) in [7, 11) is 0. The number of carboxylic acid groups (broad SMARTS) is 1. The first-order valence-corrected chi connectivity index (χ1v) is 5.80. The predicted molar refractivity (Wildman–Crippen MR) is 62.8 cm³/mol. The highest BCUT2D eigenvalue weighted by Crippen LogP contribution is 2.34. The van der Waals surface area contributed by atoms with Crippen LogP contribution in [0.15, 0.2) is 0 Å². The van der Waals surface area contributed by atoms with E-state index in [0.29, 0.717) is 13.0 Å². The van der Waals surface area contributed by atoms with Crippen molar-refractivity contribution in [3.63, 3.8) is 0 Å². The van der Waals surface area contributed by atoms with Gasteiger partial charge in [-0.2, -0.15) is 0 Å². The van der Waals surface area contributed by atoms with E-state index in [0.717, 1.165) is 0 Å². The summed E-state index contributed by atoms with van der Waals surface area (Å²) < 4.78 is 5.24. The molecule has 1 N–H and O–H groups in total. The molecule has 5 nitrogen and oxygen atoms in total. The molecule has 0 unspecified atom stereocenters. The van der Waals surface area contributed by atoms with Crippen molar-refractivity contribution in [2.24, 2.45) is 5.92 Å². The smallest absolute Gasteiger partial charge is 0.411 e. The first kappa shape index (κ1) is 13.8. The van der Waals surface area contributed by atoms with Gasteiger partial charge >= 0.3 is 12.1 Å². The van der Waals surface area contributed by atoms with E-state index in [9.17, 15) is 14.7 Å². The van der Waals surface area contributed by atoms with Gasteiger partial charge in [0.25, 0.3) is 0 Å². The van der Waals surface area contributed by atoms with Gasteiger partial charge < -0.3 is 9.84 Å². The summed E-state index contributed by atoms with van der Waals surface area (Å²) in [6, 6.07) is 0. The third-order valence-electron chi connectivity index (χ3n) is 2.91. The molecule has 0 bridgehead atoms. The number of carboxylic acids is 1. The first-order chi connectivity index (χ1) is 7.56. The lowest BCUT2D eigenvalue weighted by Crippen LogP contribution is -2.52. The lowest BCUT2D eigenvalue weighted by molar-refractivity contribution is -0.148. The van der Waals surface area contributed by atoms with Crippen LogP contribution in [0, 0.1) is 5.92 Å². The summed E-state index contributed by atoms with van der Waals surface area (Å²) in [6.07, 6.45) is -0.0894. The van der Waals surface area contributed by atoms with Crippen molar-refractivity contribution in [3.05, 3.63) is 0 Å². The van der Waals surface area contributed by atoms with Gasteiger partial charge in [0, 0.05) is 6.54 Å². The second kappa shape index (κ2) is 4.20. The summed E-state index contributed by atoms with van der Waals surface area (Å²) in [5.41, 5.74) is -1.76. The standard InChI is InChI=1S/C12H21NO4/c1-8-6-12(5,9(14)15)13(7-8)10(16)17-11(2,3)4/h8H,6-7H2,1-5H3,(H,14,15)/t8-,12+/m1/s1. The Morgan fingerprint density at radius 2 is 1.94 bits per heavy atom. The fourth-order valence-electron chi connectivity index (χ4n) is 2.16. The number of amides is 1. The number of carbonyl (C=O) groups is 2. The van der Waals surface area contributed by atoms with Crippen molar-refractivity contribution in [2.45, 2.75) is 52.2 Å². The van der Waals surface area contributed by atoms with Gasteiger partial charge in [0.15, 0.2) is 0 Å². The van der Waals surface area contributed by atoms with Crippen molar-refractivity contribution in [1.82, 2.24) is 4.90 Å². The molecule has 0 aromatic heterocycles. The zero-order valence-corrected chi connectivity index (χ0v) is 11.1. The van der Waals surface area contributed by atoms with E-state index in [-0.39, 0.29) is 5.92 Å². The van der Waals surface area contributed by atoms with Crippen LogP contribution in [0.2, 0.25) is 0 Å². The fraction of sp³-hybridized carbons (Fsp3) is 0.833. The van der Waals surface area contributed by atoms with Crippen LogP contribution >= 0.6 is 0 Å². The van der Waals surface area contributed by atoms with Gasteiger partial charge in [0.05, 0.1) is 0 Å². The Kier molecular flexibility index (Phi) is 3.41. The second-order valence-electron chi connectivity index (χ2n) is 5.98. The minimum absolute atomic E-state index is 0.170. The fourth-order valence-corrected chi connectivity index (χ4v) is 2.16. The highest BCUT2D eigenvalue weighted by Gasteiger charge is 2.50. The summed E-state index contributed by atoms with van der Waals surface area (Å²) in [5, 5.41) is 9.26. The van der Waals surface area contributed by atoms with Gasteiger partial charge in [-0.1, -0.05) is 6.92 Å². The monoisotopic (exact) mass is 243 g/mol. The average molecular weight is 243 g/mol. The molecule has 0 aliphatic carbocycles. The van der Waals surface area contributed by atoms with E-state index in [1.807, 2.05) is 6.92 Å². The lowest BCUT2D eigenvalue weighted by atomic mass is 9.95. The Labute approximate surface area is 102 Å². The number of carbonyl (C=O) groups excluding carboxylic acids is 1. The Bertz CT molecular complexity index is 334. The van der Waals surface area contributed by atoms with E-state index >= 15 is 0 Å². The summed E-state index contributed by atoms with van der Waals surface area (Å²) in [6.45, 7) is 9.24. The van der Waals surface area contributed by atoms with Crippen LogP contribution in [0.4, 0.5) is 4.79 Å². The number of ether oxygens (including phenoxy) is 1. The van der Waals surface area contributed by atoms with Crippen LogP contribution in [0.3, 0.4) is 0 Å². The topological polar surface area (TPSA) is 66.8 Å². The van der Waals surface area contributed by atoms with Gasteiger partial charge in [-0.3, -0.25) is 4.90 Å². The number of likely N-dealkylation sites (tertiary alicyclic amines) is 1. The molecular weight excluding hydrogens is 222 g/mol. The normalized spacial score (nSPS) is 29.2. The van der Waals surface area contributed by atoms with Gasteiger partial charge in [0.1, 0.15) is 11.1 Å². The number of rotatable bonds is 1. The molecule has 0 aromatic rings. The maximum absolute atomic E-state index is 12.0. The zero-order valence-electron chi connectivity index (χ0n) is 11.1. The predicted octanol–water partition coefficient (Wildman–Crippen LogP) is 2.11. The van der Waals surface area contributed by atoms with Crippen molar-refractivity contribution in [3.8, 4) is 0 Å². The van der Waals surface area contributed by atoms with Crippen LogP contribution in [-0.2, 0) is 9.53 Å². The van der Waals surface area contributed by atoms with E-state index in [4.69, 9.17) is 4.74 Å². The number of nitrogens with zero attached hydrogens (tertiary/aromatic N) is 1. The Morgan fingerprint density at radius 3 is 2.35 bits per heavy atom. The summed E-state index contributed by atoms with van der Waals surface area (Å²) in [4.78, 5) is 24.6. The molecule has 0 saturated carbocycles. The van der Waals surface area contributed by atoms with Crippen molar-refractivity contribution >= 4 is 12.1 Å². The molecule has 2 atom stereocenters.